The highest BCUT2D eigenvalue weighted by Crippen LogP contribution is 2.40. The molecule has 0 amide bonds. The molecule has 0 spiro atoms. The van der Waals surface area contributed by atoms with Gasteiger partial charge in [0, 0.05) is 16.6 Å². The van der Waals surface area contributed by atoms with Gasteiger partial charge < -0.3 is 0 Å². The fourth-order valence-corrected chi connectivity index (χ4v) is 5.92. The molecule has 6 heteroatoms. The average molecular weight is 379 g/mol. The van der Waals surface area contributed by atoms with Crippen molar-refractivity contribution < 1.29 is 8.42 Å². The highest BCUT2D eigenvalue weighted by molar-refractivity contribution is 9.10. The van der Waals surface area contributed by atoms with Crippen LogP contribution in [0.25, 0.3) is 0 Å². The van der Waals surface area contributed by atoms with Crippen LogP contribution >= 0.6 is 27.5 Å². The van der Waals surface area contributed by atoms with Crippen LogP contribution in [0.5, 0.6) is 0 Å². The normalized spacial score (nSPS) is 20.8. The Bertz CT molecular complexity index is 610. The third-order valence-corrected chi connectivity index (χ3v) is 7.02. The lowest BCUT2D eigenvalue weighted by Crippen LogP contribution is -2.40. The summed E-state index contributed by atoms with van der Waals surface area (Å²) in [4.78, 5) is 0.237. The maximum Gasteiger partial charge on any atom is 0.245 e. The fourth-order valence-electron chi connectivity index (χ4n) is 2.98. The van der Waals surface area contributed by atoms with E-state index in [4.69, 9.17) is 11.6 Å². The van der Waals surface area contributed by atoms with Crippen molar-refractivity contribution in [2.45, 2.75) is 55.5 Å². The molecule has 0 heterocycles. The van der Waals surface area contributed by atoms with Gasteiger partial charge in [-0.05, 0) is 43.9 Å². The maximum absolute atomic E-state index is 13.0. The first-order valence-electron chi connectivity index (χ1n) is 6.99. The van der Waals surface area contributed by atoms with Crippen molar-refractivity contribution in [2.24, 2.45) is 0 Å². The Kier molecular flexibility index (Phi) is 4.15. The summed E-state index contributed by atoms with van der Waals surface area (Å²) in [6.07, 6.45) is 6.15. The van der Waals surface area contributed by atoms with Crippen LogP contribution in [-0.4, -0.2) is 24.8 Å². The minimum atomic E-state index is -3.49. The highest BCUT2D eigenvalue weighted by Gasteiger charge is 2.43. The first-order valence-corrected chi connectivity index (χ1v) is 9.60. The quantitative estimate of drug-likeness (QED) is 0.787. The monoisotopic (exact) mass is 377 g/mol. The second-order valence-electron chi connectivity index (χ2n) is 5.58. The van der Waals surface area contributed by atoms with Crippen LogP contribution in [0.1, 0.15) is 38.5 Å². The van der Waals surface area contributed by atoms with E-state index in [0.717, 1.165) is 43.0 Å². The van der Waals surface area contributed by atoms with Crippen molar-refractivity contribution in [1.29, 1.82) is 0 Å². The molecule has 3 rings (SSSR count). The molecule has 0 N–H and O–H groups in total. The number of nitrogens with zero attached hydrogens (tertiary/aromatic N) is 1. The Balaban J connectivity index is 1.99. The first-order chi connectivity index (χ1) is 9.50. The average Bonchev–Trinajstić information content (AvgIpc) is 3.03. The smallest absolute Gasteiger partial charge is 0.207 e. The van der Waals surface area contributed by atoms with Crippen LogP contribution in [0.3, 0.4) is 0 Å². The van der Waals surface area contributed by atoms with Crippen molar-refractivity contribution in [2.75, 3.05) is 0 Å². The van der Waals surface area contributed by atoms with Gasteiger partial charge in [-0.3, -0.25) is 0 Å². The minimum absolute atomic E-state index is 0.159. The second-order valence-corrected chi connectivity index (χ2v) is 8.71. The number of sulfonamides is 1. The molecule has 1 aromatic carbocycles. The summed E-state index contributed by atoms with van der Waals surface area (Å²) in [7, 11) is -3.49. The molecule has 0 unspecified atom stereocenters. The lowest BCUT2D eigenvalue weighted by atomic mass is 10.2. The Morgan fingerprint density at radius 1 is 1.10 bits per heavy atom. The van der Waals surface area contributed by atoms with Gasteiger partial charge in [-0.25, -0.2) is 8.42 Å². The summed E-state index contributed by atoms with van der Waals surface area (Å²) in [5, 5.41) is 0.294. The van der Waals surface area contributed by atoms with Gasteiger partial charge in [-0.15, -0.1) is 0 Å². The third kappa shape index (κ3) is 2.78. The third-order valence-electron chi connectivity index (χ3n) is 4.04. The summed E-state index contributed by atoms with van der Waals surface area (Å²) in [6.45, 7) is 0. The topological polar surface area (TPSA) is 37.4 Å². The minimum Gasteiger partial charge on any atom is -0.207 e. The highest BCUT2D eigenvalue weighted by atomic mass is 79.9. The molecule has 0 saturated heterocycles. The molecule has 0 atom stereocenters. The molecule has 3 nitrogen and oxygen atoms in total. The van der Waals surface area contributed by atoms with Crippen molar-refractivity contribution in [3.8, 4) is 0 Å². The first kappa shape index (κ1) is 14.8. The number of benzene rings is 1. The van der Waals surface area contributed by atoms with Crippen LogP contribution in [0.15, 0.2) is 27.6 Å². The zero-order chi connectivity index (χ0) is 14.3. The zero-order valence-corrected chi connectivity index (χ0v) is 14.2. The SMILES string of the molecule is O=S(=O)(c1ccc(Br)cc1Cl)N(C1CCCC1)C1CC1. The van der Waals surface area contributed by atoms with Gasteiger partial charge >= 0.3 is 0 Å². The van der Waals surface area contributed by atoms with Crippen LogP contribution < -0.4 is 0 Å². The predicted molar refractivity (Wildman–Crippen MR) is 83.5 cm³/mol. The zero-order valence-electron chi connectivity index (χ0n) is 11.1. The second kappa shape index (κ2) is 5.59. The van der Waals surface area contributed by atoms with Crippen LogP contribution in [0.2, 0.25) is 5.02 Å². The van der Waals surface area contributed by atoms with E-state index in [9.17, 15) is 8.42 Å². The van der Waals surface area contributed by atoms with E-state index in [0.29, 0.717) is 5.02 Å². The molecule has 2 aliphatic carbocycles. The molecule has 0 aliphatic heterocycles. The molecular weight excluding hydrogens is 362 g/mol. The molecular formula is C14H17BrClNO2S. The summed E-state index contributed by atoms with van der Waals surface area (Å²) in [6, 6.07) is 5.33. The van der Waals surface area contributed by atoms with Gasteiger partial charge in [-0.2, -0.15) is 4.31 Å². The number of hydrogen-bond donors (Lipinski definition) is 0. The van der Waals surface area contributed by atoms with E-state index in [2.05, 4.69) is 15.9 Å². The number of halogens is 2. The molecule has 20 heavy (non-hydrogen) atoms. The van der Waals surface area contributed by atoms with Gasteiger partial charge in [0.2, 0.25) is 10.0 Å². The van der Waals surface area contributed by atoms with E-state index >= 15 is 0 Å². The van der Waals surface area contributed by atoms with Crippen molar-refractivity contribution in [3.05, 3.63) is 27.7 Å². The van der Waals surface area contributed by atoms with Gasteiger partial charge in [0.1, 0.15) is 4.90 Å². The van der Waals surface area contributed by atoms with E-state index in [-0.39, 0.29) is 17.0 Å². The lowest BCUT2D eigenvalue weighted by molar-refractivity contribution is 0.314. The molecule has 110 valence electrons. The largest absolute Gasteiger partial charge is 0.245 e. The molecule has 0 bridgehead atoms. The Labute approximate surface area is 133 Å². The summed E-state index contributed by atoms with van der Waals surface area (Å²) in [5.74, 6) is 0. The van der Waals surface area contributed by atoms with E-state index in [1.165, 1.54) is 0 Å². The van der Waals surface area contributed by atoms with E-state index in [1.807, 2.05) is 0 Å². The van der Waals surface area contributed by atoms with Gasteiger partial charge in [0.25, 0.3) is 0 Å². The molecule has 0 radical (unpaired) electrons. The molecule has 2 fully saturated rings. The predicted octanol–water partition coefficient (Wildman–Crippen LogP) is 4.20. The van der Waals surface area contributed by atoms with Crippen molar-refractivity contribution >= 4 is 37.6 Å². The van der Waals surface area contributed by atoms with Gasteiger partial charge in [-0.1, -0.05) is 40.4 Å². The van der Waals surface area contributed by atoms with Crippen LogP contribution in [0.4, 0.5) is 0 Å². The van der Waals surface area contributed by atoms with Crippen molar-refractivity contribution in [3.63, 3.8) is 0 Å². The van der Waals surface area contributed by atoms with Gasteiger partial charge in [0.15, 0.2) is 0 Å². The van der Waals surface area contributed by atoms with Crippen LogP contribution in [0, 0.1) is 0 Å². The Morgan fingerprint density at radius 3 is 2.25 bits per heavy atom. The standard InChI is InChI=1S/C14H17BrClNO2S/c15-10-5-8-14(13(16)9-10)20(18,19)17(12-6-7-12)11-3-1-2-4-11/h5,8-9,11-12H,1-4,6-7H2. The Morgan fingerprint density at radius 2 is 1.70 bits per heavy atom. The molecule has 0 aromatic heterocycles. The maximum atomic E-state index is 13.0. The summed E-state index contributed by atoms with van der Waals surface area (Å²) in [5.41, 5.74) is 0. The van der Waals surface area contributed by atoms with E-state index < -0.39 is 10.0 Å². The number of hydrogen-bond acceptors (Lipinski definition) is 2. The van der Waals surface area contributed by atoms with Crippen molar-refractivity contribution in [1.82, 2.24) is 4.31 Å². The van der Waals surface area contributed by atoms with Crippen LogP contribution in [-0.2, 0) is 10.0 Å². The molecule has 2 saturated carbocycles. The van der Waals surface area contributed by atoms with Gasteiger partial charge in [0.05, 0.1) is 5.02 Å². The number of rotatable bonds is 4. The fraction of sp³-hybridized carbons (Fsp3) is 0.571. The van der Waals surface area contributed by atoms with E-state index in [1.54, 1.807) is 22.5 Å². The summed E-state index contributed by atoms with van der Waals surface area (Å²) < 4.78 is 28.5. The Hall–Kier alpha value is -0.100. The summed E-state index contributed by atoms with van der Waals surface area (Å²) >= 11 is 9.47. The lowest BCUT2D eigenvalue weighted by Gasteiger charge is -2.28. The molecule has 1 aromatic rings. The molecule has 2 aliphatic rings.